The molecule has 2 saturated heterocycles. The Morgan fingerprint density at radius 1 is 1.31 bits per heavy atom. The molecule has 6 heteroatoms. The molecule has 1 aromatic rings. The Hall–Kier alpha value is -1.27. The number of halogens is 1. The van der Waals surface area contributed by atoms with E-state index in [4.69, 9.17) is 4.99 Å². The Bertz CT molecular complexity index is 622. The molecule has 1 aromatic carbocycles. The standard InChI is InChI=1S/C20H31FN4S/c1-4-22-20(23-13-14-10-15(21)8-9-19(14)26-3)24-16-11-17-6-5-7-18(12-16)25(17)2/h8-10,16-18H,4-7,11-13H2,1-3H3,(H2,22,23,24). The van der Waals surface area contributed by atoms with E-state index in [1.807, 2.05) is 12.3 Å². The number of piperidine rings is 2. The van der Waals surface area contributed by atoms with Crippen LogP contribution in [0.5, 0.6) is 0 Å². The second kappa shape index (κ2) is 9.09. The Morgan fingerprint density at radius 2 is 2.04 bits per heavy atom. The van der Waals surface area contributed by atoms with Crippen LogP contribution in [-0.4, -0.2) is 48.8 Å². The van der Waals surface area contributed by atoms with Gasteiger partial charge in [0.25, 0.3) is 0 Å². The minimum Gasteiger partial charge on any atom is -0.357 e. The van der Waals surface area contributed by atoms with Gasteiger partial charge in [-0.05, 0) is 69.7 Å². The Morgan fingerprint density at radius 3 is 2.69 bits per heavy atom. The van der Waals surface area contributed by atoms with Crippen LogP contribution in [0.25, 0.3) is 0 Å². The van der Waals surface area contributed by atoms with Crippen LogP contribution in [0, 0.1) is 5.82 Å². The van der Waals surface area contributed by atoms with Gasteiger partial charge in [-0.15, -0.1) is 11.8 Å². The van der Waals surface area contributed by atoms with Gasteiger partial charge in [0, 0.05) is 29.6 Å². The predicted octanol–water partition coefficient (Wildman–Crippen LogP) is 3.62. The number of thioether (sulfide) groups is 1. The zero-order valence-corrected chi connectivity index (χ0v) is 16.9. The van der Waals surface area contributed by atoms with Gasteiger partial charge in [0.15, 0.2) is 5.96 Å². The fourth-order valence-electron chi connectivity index (χ4n) is 4.28. The molecule has 0 radical (unpaired) electrons. The van der Waals surface area contributed by atoms with E-state index in [9.17, 15) is 4.39 Å². The normalized spacial score (nSPS) is 26.6. The highest BCUT2D eigenvalue weighted by Crippen LogP contribution is 2.32. The summed E-state index contributed by atoms with van der Waals surface area (Å²) < 4.78 is 13.6. The van der Waals surface area contributed by atoms with Crippen LogP contribution >= 0.6 is 11.8 Å². The molecule has 2 aliphatic heterocycles. The van der Waals surface area contributed by atoms with Gasteiger partial charge < -0.3 is 15.5 Å². The van der Waals surface area contributed by atoms with Crippen LogP contribution < -0.4 is 10.6 Å². The van der Waals surface area contributed by atoms with Crippen molar-refractivity contribution in [2.24, 2.45) is 4.99 Å². The molecule has 2 heterocycles. The zero-order valence-electron chi connectivity index (χ0n) is 16.1. The van der Waals surface area contributed by atoms with Gasteiger partial charge in [-0.2, -0.15) is 0 Å². The molecule has 2 N–H and O–H groups in total. The molecule has 144 valence electrons. The third-order valence-electron chi connectivity index (χ3n) is 5.67. The maximum absolute atomic E-state index is 13.6. The Kier molecular flexibility index (Phi) is 6.81. The number of hydrogen-bond donors (Lipinski definition) is 2. The number of guanidine groups is 1. The number of fused-ring (bicyclic) bond motifs is 2. The van der Waals surface area contributed by atoms with E-state index in [-0.39, 0.29) is 5.82 Å². The summed E-state index contributed by atoms with van der Waals surface area (Å²) in [6.07, 6.45) is 8.33. The molecular weight excluding hydrogens is 347 g/mol. The molecule has 2 aliphatic rings. The SMILES string of the molecule is CCNC(=NCc1cc(F)ccc1SC)NC1CC2CCCC(C1)N2C. The summed E-state index contributed by atoms with van der Waals surface area (Å²) in [5.41, 5.74) is 0.940. The summed E-state index contributed by atoms with van der Waals surface area (Å²) >= 11 is 1.63. The first-order valence-corrected chi connectivity index (χ1v) is 10.9. The third kappa shape index (κ3) is 4.71. The first-order valence-electron chi connectivity index (χ1n) is 9.70. The van der Waals surface area contributed by atoms with Crippen molar-refractivity contribution in [3.63, 3.8) is 0 Å². The second-order valence-electron chi connectivity index (χ2n) is 7.37. The smallest absolute Gasteiger partial charge is 0.191 e. The maximum atomic E-state index is 13.6. The van der Waals surface area contributed by atoms with Crippen molar-refractivity contribution in [3.8, 4) is 0 Å². The first kappa shape index (κ1) is 19.5. The molecular formula is C20H31FN4S. The van der Waals surface area contributed by atoms with Crippen molar-refractivity contribution in [2.75, 3.05) is 19.8 Å². The van der Waals surface area contributed by atoms with Gasteiger partial charge in [0.1, 0.15) is 5.82 Å². The second-order valence-corrected chi connectivity index (χ2v) is 8.22. The van der Waals surface area contributed by atoms with Crippen LogP contribution in [0.1, 0.15) is 44.6 Å². The van der Waals surface area contributed by atoms with Crippen LogP contribution in [0.4, 0.5) is 4.39 Å². The zero-order chi connectivity index (χ0) is 18.5. The number of benzene rings is 1. The van der Waals surface area contributed by atoms with Crippen molar-refractivity contribution in [1.82, 2.24) is 15.5 Å². The molecule has 26 heavy (non-hydrogen) atoms. The number of hydrogen-bond acceptors (Lipinski definition) is 3. The van der Waals surface area contributed by atoms with Gasteiger partial charge >= 0.3 is 0 Å². The summed E-state index contributed by atoms with van der Waals surface area (Å²) in [5.74, 6) is 0.644. The van der Waals surface area contributed by atoms with E-state index in [1.54, 1.807) is 17.8 Å². The molecule has 0 aliphatic carbocycles. The predicted molar refractivity (Wildman–Crippen MR) is 108 cm³/mol. The van der Waals surface area contributed by atoms with Gasteiger partial charge in [0.05, 0.1) is 6.54 Å². The van der Waals surface area contributed by atoms with Crippen LogP contribution in [0.2, 0.25) is 0 Å². The highest BCUT2D eigenvalue weighted by Gasteiger charge is 2.36. The summed E-state index contributed by atoms with van der Waals surface area (Å²) in [7, 11) is 2.28. The largest absolute Gasteiger partial charge is 0.357 e. The maximum Gasteiger partial charge on any atom is 0.191 e. The van der Waals surface area contributed by atoms with Crippen molar-refractivity contribution in [1.29, 1.82) is 0 Å². The number of nitrogens with zero attached hydrogens (tertiary/aromatic N) is 2. The van der Waals surface area contributed by atoms with Crippen LogP contribution in [0.3, 0.4) is 0 Å². The van der Waals surface area contributed by atoms with E-state index in [1.165, 1.54) is 38.2 Å². The summed E-state index contributed by atoms with van der Waals surface area (Å²) in [5, 5.41) is 6.99. The van der Waals surface area contributed by atoms with E-state index in [0.717, 1.165) is 23.0 Å². The lowest BCUT2D eigenvalue weighted by Crippen LogP contribution is -2.56. The van der Waals surface area contributed by atoms with Gasteiger partial charge in [-0.3, -0.25) is 0 Å². The van der Waals surface area contributed by atoms with Crippen molar-refractivity contribution in [3.05, 3.63) is 29.6 Å². The molecule has 4 nitrogen and oxygen atoms in total. The number of rotatable bonds is 5. The van der Waals surface area contributed by atoms with E-state index >= 15 is 0 Å². The van der Waals surface area contributed by atoms with E-state index < -0.39 is 0 Å². The van der Waals surface area contributed by atoms with Gasteiger partial charge in [0.2, 0.25) is 0 Å². The lowest BCUT2D eigenvalue weighted by molar-refractivity contribution is 0.0526. The molecule has 0 spiro atoms. The monoisotopic (exact) mass is 378 g/mol. The topological polar surface area (TPSA) is 39.7 Å². The fraction of sp³-hybridized carbons (Fsp3) is 0.650. The first-order chi connectivity index (χ1) is 12.6. The lowest BCUT2D eigenvalue weighted by Gasteiger charge is -2.47. The molecule has 2 fully saturated rings. The average Bonchev–Trinajstić information content (AvgIpc) is 2.61. The summed E-state index contributed by atoms with van der Waals surface area (Å²) in [6, 6.07) is 6.79. The van der Waals surface area contributed by atoms with Crippen LogP contribution in [0.15, 0.2) is 28.1 Å². The average molecular weight is 379 g/mol. The number of aliphatic imine (C=N–C) groups is 1. The minimum absolute atomic E-state index is 0.200. The van der Waals surface area contributed by atoms with Crippen molar-refractivity contribution >= 4 is 17.7 Å². The summed E-state index contributed by atoms with van der Waals surface area (Å²) in [4.78, 5) is 8.40. The quantitative estimate of drug-likeness (QED) is 0.466. The van der Waals surface area contributed by atoms with E-state index in [0.29, 0.717) is 24.7 Å². The van der Waals surface area contributed by atoms with Gasteiger partial charge in [-0.1, -0.05) is 6.42 Å². The Balaban J connectivity index is 1.67. The molecule has 2 atom stereocenters. The molecule has 2 unspecified atom stereocenters. The van der Waals surface area contributed by atoms with Crippen molar-refractivity contribution in [2.45, 2.75) is 68.6 Å². The highest BCUT2D eigenvalue weighted by atomic mass is 32.2. The molecule has 0 saturated carbocycles. The third-order valence-corrected chi connectivity index (χ3v) is 6.51. The summed E-state index contributed by atoms with van der Waals surface area (Å²) in [6.45, 7) is 3.39. The highest BCUT2D eigenvalue weighted by molar-refractivity contribution is 7.98. The molecule has 0 amide bonds. The van der Waals surface area contributed by atoms with Crippen LogP contribution in [-0.2, 0) is 6.54 Å². The number of nitrogens with one attached hydrogen (secondary N) is 2. The van der Waals surface area contributed by atoms with Gasteiger partial charge in [-0.25, -0.2) is 9.38 Å². The Labute approximate surface area is 161 Å². The minimum atomic E-state index is -0.200. The molecule has 3 rings (SSSR count). The molecule has 0 aromatic heterocycles. The van der Waals surface area contributed by atoms with Crippen molar-refractivity contribution < 1.29 is 4.39 Å². The molecule has 2 bridgehead atoms. The lowest BCUT2D eigenvalue weighted by atomic mass is 9.82. The van der Waals surface area contributed by atoms with E-state index in [2.05, 4.69) is 29.5 Å². The fourth-order valence-corrected chi connectivity index (χ4v) is 4.87.